The molecule has 0 atom stereocenters. The smallest absolute Gasteiger partial charge is 0.273 e. The molecule has 0 spiro atoms. The lowest BCUT2D eigenvalue weighted by Gasteiger charge is -2.19. The van der Waals surface area contributed by atoms with Gasteiger partial charge in [-0.2, -0.15) is 0 Å². The van der Waals surface area contributed by atoms with Crippen molar-refractivity contribution < 1.29 is 4.79 Å². The van der Waals surface area contributed by atoms with Crippen LogP contribution < -0.4 is 0 Å². The summed E-state index contributed by atoms with van der Waals surface area (Å²) in [5, 5.41) is 0.631. The summed E-state index contributed by atoms with van der Waals surface area (Å²) in [5.41, 5.74) is 1.36. The highest BCUT2D eigenvalue weighted by atomic mass is 35.5. The highest BCUT2D eigenvalue weighted by Crippen LogP contribution is 2.28. The number of hydrogen-bond acceptors (Lipinski definition) is 2. The summed E-state index contributed by atoms with van der Waals surface area (Å²) in [6.07, 6.45) is 1.57. The number of carbonyl (C=O) groups is 1. The minimum absolute atomic E-state index is 0.0162. The minimum atomic E-state index is -0.0162. The first kappa shape index (κ1) is 9.46. The molecule has 1 amide bonds. The Morgan fingerprint density at radius 3 is 2.86 bits per heavy atom. The lowest BCUT2D eigenvalue weighted by atomic mass is 10.2. The molecule has 0 aliphatic carbocycles. The van der Waals surface area contributed by atoms with Gasteiger partial charge in [-0.25, -0.2) is 0 Å². The highest BCUT2D eigenvalue weighted by Gasteiger charge is 2.31. The number of pyridine rings is 1. The van der Waals surface area contributed by atoms with Gasteiger partial charge in [0.05, 0.1) is 6.54 Å². The predicted octanol–water partition coefficient (Wildman–Crippen LogP) is 2.10. The fraction of sp³-hybridized carbons (Fsp3) is 0.400. The van der Waals surface area contributed by atoms with Gasteiger partial charge in [0.15, 0.2) is 0 Å². The number of fused-ring (bicyclic) bond motifs is 1. The third-order valence-corrected chi connectivity index (χ3v) is 2.77. The van der Waals surface area contributed by atoms with Crippen LogP contribution in [0.4, 0.5) is 0 Å². The molecule has 0 aromatic carbocycles. The average Bonchev–Trinajstić information content (AvgIpc) is 2.46. The molecule has 1 aliphatic rings. The average molecular weight is 211 g/mol. The fourth-order valence-corrected chi connectivity index (χ4v) is 1.80. The number of rotatable bonds is 1. The van der Waals surface area contributed by atoms with Gasteiger partial charge in [0.25, 0.3) is 5.91 Å². The Bertz CT molecular complexity index is 390. The second-order valence-electron chi connectivity index (χ2n) is 3.65. The molecule has 14 heavy (non-hydrogen) atoms. The Balaban J connectivity index is 2.45. The van der Waals surface area contributed by atoms with E-state index in [1.54, 1.807) is 17.2 Å². The second-order valence-corrected chi connectivity index (χ2v) is 4.05. The summed E-state index contributed by atoms with van der Waals surface area (Å²) in [7, 11) is 0. The molecule has 0 saturated carbocycles. The first-order valence-corrected chi connectivity index (χ1v) is 4.93. The van der Waals surface area contributed by atoms with Crippen molar-refractivity contribution in [3.05, 3.63) is 28.5 Å². The molecular weight excluding hydrogens is 200 g/mol. The summed E-state index contributed by atoms with van der Waals surface area (Å²) in [5.74, 6) is -0.0162. The van der Waals surface area contributed by atoms with Crippen LogP contribution in [0.2, 0.25) is 5.02 Å². The van der Waals surface area contributed by atoms with E-state index in [0.717, 1.165) is 5.56 Å². The summed E-state index contributed by atoms with van der Waals surface area (Å²) in [6.45, 7) is 4.55. The normalized spacial score (nSPS) is 15.1. The van der Waals surface area contributed by atoms with E-state index >= 15 is 0 Å². The molecule has 0 saturated heterocycles. The van der Waals surface area contributed by atoms with Crippen LogP contribution in [0, 0.1) is 0 Å². The lowest BCUT2D eigenvalue weighted by Crippen LogP contribution is -2.31. The highest BCUT2D eigenvalue weighted by molar-refractivity contribution is 6.32. The predicted molar refractivity (Wildman–Crippen MR) is 54.3 cm³/mol. The van der Waals surface area contributed by atoms with Gasteiger partial charge in [-0.1, -0.05) is 11.6 Å². The van der Waals surface area contributed by atoms with Crippen molar-refractivity contribution in [3.63, 3.8) is 0 Å². The van der Waals surface area contributed by atoms with E-state index in [0.29, 0.717) is 17.3 Å². The number of amides is 1. The van der Waals surface area contributed by atoms with Gasteiger partial charge in [0.1, 0.15) is 5.69 Å². The van der Waals surface area contributed by atoms with Crippen LogP contribution in [-0.2, 0) is 6.54 Å². The molecule has 3 nitrogen and oxygen atoms in total. The number of nitrogens with zero attached hydrogens (tertiary/aromatic N) is 2. The monoisotopic (exact) mass is 210 g/mol. The van der Waals surface area contributed by atoms with Gasteiger partial charge in [0.2, 0.25) is 0 Å². The number of carbonyl (C=O) groups excluding carboxylic acids is 1. The molecule has 2 rings (SSSR count). The molecule has 0 fully saturated rings. The molecule has 0 unspecified atom stereocenters. The first-order valence-electron chi connectivity index (χ1n) is 4.55. The Labute approximate surface area is 87.7 Å². The van der Waals surface area contributed by atoms with Crippen molar-refractivity contribution in [3.8, 4) is 0 Å². The molecule has 2 heterocycles. The van der Waals surface area contributed by atoms with E-state index in [1.165, 1.54) is 0 Å². The van der Waals surface area contributed by atoms with Crippen LogP contribution in [0.3, 0.4) is 0 Å². The van der Waals surface area contributed by atoms with Crippen LogP contribution in [-0.4, -0.2) is 21.8 Å². The number of aromatic nitrogens is 1. The van der Waals surface area contributed by atoms with Crippen LogP contribution in [0.1, 0.15) is 29.9 Å². The second kappa shape index (κ2) is 3.24. The molecule has 0 N–H and O–H groups in total. The van der Waals surface area contributed by atoms with E-state index in [-0.39, 0.29) is 11.9 Å². The van der Waals surface area contributed by atoms with Crippen LogP contribution in [0.15, 0.2) is 12.3 Å². The molecular formula is C10H11ClN2O. The maximum Gasteiger partial charge on any atom is 0.273 e. The Hall–Kier alpha value is -1.09. The third kappa shape index (κ3) is 1.28. The van der Waals surface area contributed by atoms with Crippen molar-refractivity contribution in [2.24, 2.45) is 0 Å². The van der Waals surface area contributed by atoms with E-state index in [2.05, 4.69) is 4.98 Å². The first-order chi connectivity index (χ1) is 6.61. The minimum Gasteiger partial charge on any atom is -0.330 e. The zero-order valence-corrected chi connectivity index (χ0v) is 8.88. The summed E-state index contributed by atoms with van der Waals surface area (Å²) in [4.78, 5) is 17.6. The zero-order chi connectivity index (χ0) is 10.3. The Morgan fingerprint density at radius 2 is 2.29 bits per heavy atom. The largest absolute Gasteiger partial charge is 0.330 e. The standard InChI is InChI=1S/C10H11ClN2O/c1-6(2)13-5-7-8(11)3-4-12-9(7)10(13)14/h3-4,6H,5H2,1-2H3. The van der Waals surface area contributed by atoms with Gasteiger partial charge in [0, 0.05) is 22.8 Å². The van der Waals surface area contributed by atoms with Crippen molar-refractivity contribution >= 4 is 17.5 Å². The lowest BCUT2D eigenvalue weighted by molar-refractivity contribution is 0.0726. The summed E-state index contributed by atoms with van der Waals surface area (Å²) < 4.78 is 0. The van der Waals surface area contributed by atoms with Gasteiger partial charge < -0.3 is 4.90 Å². The molecule has 0 bridgehead atoms. The summed E-state index contributed by atoms with van der Waals surface area (Å²) in [6, 6.07) is 1.91. The molecule has 74 valence electrons. The Kier molecular flexibility index (Phi) is 2.19. The van der Waals surface area contributed by atoms with Gasteiger partial charge in [-0.05, 0) is 19.9 Å². The quantitative estimate of drug-likeness (QED) is 0.711. The van der Waals surface area contributed by atoms with Crippen molar-refractivity contribution in [1.82, 2.24) is 9.88 Å². The molecule has 1 aliphatic heterocycles. The van der Waals surface area contributed by atoms with Gasteiger partial charge in [-0.15, -0.1) is 0 Å². The number of halogens is 1. The third-order valence-electron chi connectivity index (χ3n) is 2.41. The van der Waals surface area contributed by atoms with E-state index in [4.69, 9.17) is 11.6 Å². The Morgan fingerprint density at radius 1 is 1.57 bits per heavy atom. The van der Waals surface area contributed by atoms with Crippen LogP contribution in [0.5, 0.6) is 0 Å². The maximum absolute atomic E-state index is 11.8. The zero-order valence-electron chi connectivity index (χ0n) is 8.12. The number of hydrogen-bond donors (Lipinski definition) is 0. The SMILES string of the molecule is CC(C)N1Cc2c(Cl)ccnc2C1=O. The maximum atomic E-state index is 11.8. The topological polar surface area (TPSA) is 33.2 Å². The van der Waals surface area contributed by atoms with E-state index < -0.39 is 0 Å². The van der Waals surface area contributed by atoms with Crippen molar-refractivity contribution in [2.45, 2.75) is 26.4 Å². The van der Waals surface area contributed by atoms with Crippen LogP contribution in [0.25, 0.3) is 0 Å². The molecule has 4 heteroatoms. The fourth-order valence-electron chi connectivity index (χ4n) is 1.60. The van der Waals surface area contributed by atoms with Gasteiger partial charge in [-0.3, -0.25) is 9.78 Å². The van der Waals surface area contributed by atoms with E-state index in [1.807, 2.05) is 13.8 Å². The summed E-state index contributed by atoms with van der Waals surface area (Å²) >= 11 is 5.99. The van der Waals surface area contributed by atoms with E-state index in [9.17, 15) is 4.79 Å². The molecule has 1 aromatic rings. The molecule has 1 aromatic heterocycles. The molecule has 0 radical (unpaired) electrons. The van der Waals surface area contributed by atoms with Crippen LogP contribution >= 0.6 is 11.6 Å². The van der Waals surface area contributed by atoms with Gasteiger partial charge >= 0.3 is 0 Å². The van der Waals surface area contributed by atoms with Crippen molar-refractivity contribution in [2.75, 3.05) is 0 Å². The van der Waals surface area contributed by atoms with Crippen molar-refractivity contribution in [1.29, 1.82) is 0 Å².